The van der Waals surface area contributed by atoms with Gasteiger partial charge in [0.1, 0.15) is 5.75 Å². The van der Waals surface area contributed by atoms with Gasteiger partial charge in [0.25, 0.3) is 5.91 Å². The highest BCUT2D eigenvalue weighted by molar-refractivity contribution is 7.99. The summed E-state index contributed by atoms with van der Waals surface area (Å²) in [7, 11) is -2.82. The number of hydrogen-bond acceptors (Lipinski definition) is 5. The molecule has 2 aliphatic heterocycles. The maximum atomic E-state index is 13.8. The smallest absolute Gasteiger partial charge is 0.262 e. The molecule has 1 spiro atoms. The molecule has 42 heavy (non-hydrogen) atoms. The van der Waals surface area contributed by atoms with Crippen LogP contribution in [0.1, 0.15) is 85.7 Å². The van der Waals surface area contributed by atoms with Gasteiger partial charge in [-0.15, -0.1) is 0 Å². The molecule has 1 amide bonds. The van der Waals surface area contributed by atoms with Crippen LogP contribution in [0.3, 0.4) is 0 Å². The second-order valence-corrected chi connectivity index (χ2v) is 16.5. The van der Waals surface area contributed by atoms with E-state index < -0.39 is 9.71 Å². The van der Waals surface area contributed by atoms with Gasteiger partial charge < -0.3 is 14.7 Å². The minimum absolute atomic E-state index is 0.137. The first-order valence-corrected chi connectivity index (χ1v) is 18.0. The molecule has 2 N–H and O–H groups in total. The monoisotopic (exact) mass is 610 g/mol. The molecule has 8 heteroatoms. The molecule has 0 saturated heterocycles. The van der Waals surface area contributed by atoms with Crippen molar-refractivity contribution in [2.24, 2.45) is 17.8 Å². The molecule has 3 aliphatic carbocycles. The fourth-order valence-corrected chi connectivity index (χ4v) is 10.6. The van der Waals surface area contributed by atoms with Crippen molar-refractivity contribution in [2.45, 2.75) is 87.4 Å². The van der Waals surface area contributed by atoms with Gasteiger partial charge in [0.2, 0.25) is 0 Å². The van der Waals surface area contributed by atoms with Gasteiger partial charge in [-0.3, -0.25) is 9.52 Å². The van der Waals surface area contributed by atoms with Crippen LogP contribution in [0.25, 0.3) is 0 Å². The molecular weight excluding hydrogens is 568 g/mol. The van der Waals surface area contributed by atoms with Gasteiger partial charge >= 0.3 is 0 Å². The summed E-state index contributed by atoms with van der Waals surface area (Å²) in [6, 6.07) is 11.9. The van der Waals surface area contributed by atoms with E-state index >= 15 is 0 Å². The van der Waals surface area contributed by atoms with Crippen molar-refractivity contribution in [1.29, 1.82) is 0 Å². The molecule has 7 rings (SSSR count). The molecule has 0 aromatic heterocycles. The average Bonchev–Trinajstić information content (AvgIpc) is 3.10. The molecule has 1 unspecified atom stereocenters. The van der Waals surface area contributed by atoms with Crippen molar-refractivity contribution in [3.8, 4) is 5.75 Å². The Morgan fingerprint density at radius 2 is 1.95 bits per heavy atom. The molecule has 2 heterocycles. The minimum atomic E-state index is -2.82. The van der Waals surface area contributed by atoms with E-state index in [9.17, 15) is 14.1 Å². The number of aliphatic hydroxyl groups is 1. The first-order chi connectivity index (χ1) is 20.2. The lowest BCUT2D eigenvalue weighted by atomic mass is 9.67. The normalized spacial score (nSPS) is 36.5. The Morgan fingerprint density at radius 1 is 1.07 bits per heavy atom. The Balaban J connectivity index is 1.28. The molecule has 4 bridgehead atoms. The van der Waals surface area contributed by atoms with Crippen LogP contribution in [-0.4, -0.2) is 52.1 Å². The molecular formula is C34H43ClN2O4S. The number of ether oxygens (including phenoxy) is 1. The molecule has 7 atom stereocenters. The molecule has 6 nitrogen and oxygen atoms in total. The number of benzene rings is 2. The van der Waals surface area contributed by atoms with Gasteiger partial charge in [-0.25, -0.2) is 4.21 Å². The number of nitrogens with one attached hydrogen (secondary N) is 1. The Bertz CT molecular complexity index is 1480. The zero-order chi connectivity index (χ0) is 29.1. The number of rotatable bonds is 0. The Kier molecular flexibility index (Phi) is 7.51. The second kappa shape index (κ2) is 11.0. The summed E-state index contributed by atoms with van der Waals surface area (Å²) in [4.78, 5) is 16.0. The maximum Gasteiger partial charge on any atom is 0.262 e. The maximum absolute atomic E-state index is 13.8. The van der Waals surface area contributed by atoms with Crippen LogP contribution in [-0.2, 0) is 21.5 Å². The quantitative estimate of drug-likeness (QED) is 0.363. The van der Waals surface area contributed by atoms with E-state index in [1.165, 1.54) is 11.1 Å². The molecule has 0 radical (unpaired) electrons. The van der Waals surface area contributed by atoms with Gasteiger partial charge in [-0.05, 0) is 123 Å². The number of carbonyl (C=O) groups excluding carboxylic acids is 1. The summed E-state index contributed by atoms with van der Waals surface area (Å²) < 4.78 is 23.3. The van der Waals surface area contributed by atoms with Gasteiger partial charge in [0.15, 0.2) is 0 Å². The number of halogens is 1. The molecule has 2 saturated carbocycles. The average molecular weight is 611 g/mol. The third-order valence-corrected chi connectivity index (χ3v) is 13.4. The van der Waals surface area contributed by atoms with Crippen molar-refractivity contribution < 1.29 is 18.8 Å². The van der Waals surface area contributed by atoms with Gasteiger partial charge in [-0.2, -0.15) is 0 Å². The lowest BCUT2D eigenvalue weighted by Gasteiger charge is -2.46. The van der Waals surface area contributed by atoms with E-state index in [0.717, 1.165) is 100 Å². The zero-order valence-electron chi connectivity index (χ0n) is 24.4. The highest BCUT2D eigenvalue weighted by Crippen LogP contribution is 2.47. The van der Waals surface area contributed by atoms with E-state index in [2.05, 4.69) is 27.6 Å². The largest absolute Gasteiger partial charge is 0.490 e. The van der Waals surface area contributed by atoms with Crippen molar-refractivity contribution in [2.75, 3.05) is 24.6 Å². The first-order valence-electron chi connectivity index (χ1n) is 15.9. The number of aryl methyl sites for hydroxylation is 1. The topological polar surface area (TPSA) is 78.9 Å². The number of hydrogen-bond donors (Lipinski definition) is 2. The number of anilines is 1. The van der Waals surface area contributed by atoms with Crippen LogP contribution in [0, 0.1) is 17.8 Å². The fourth-order valence-electron chi connectivity index (χ4n) is 8.64. The highest BCUT2D eigenvalue weighted by atomic mass is 35.5. The van der Waals surface area contributed by atoms with E-state index in [-0.39, 0.29) is 28.6 Å². The first kappa shape index (κ1) is 28.5. The fraction of sp³-hybridized carbons (Fsp3) is 0.588. The van der Waals surface area contributed by atoms with Gasteiger partial charge in [0, 0.05) is 34.3 Å². The Morgan fingerprint density at radius 3 is 2.79 bits per heavy atom. The van der Waals surface area contributed by atoms with Crippen LogP contribution in [0.2, 0.25) is 5.02 Å². The summed E-state index contributed by atoms with van der Waals surface area (Å²) in [5, 5.41) is 12.0. The van der Waals surface area contributed by atoms with Gasteiger partial charge in [0.05, 0.1) is 28.1 Å². The summed E-state index contributed by atoms with van der Waals surface area (Å²) in [5.41, 5.74) is 3.79. The summed E-state index contributed by atoms with van der Waals surface area (Å²) in [6.45, 7) is 2.14. The SMILES string of the molecule is C=S1(=O)NC(=O)c2ccc3c(c2)N(C[C@@H]2CC[C@H]2[C@@H](O)CC[C@H]2CCC[C@H]1C2)C[C@@]1(CCCc2cc(Cl)ccc21)CO3. The van der Waals surface area contributed by atoms with Crippen LogP contribution in [0.15, 0.2) is 36.4 Å². The van der Waals surface area contributed by atoms with E-state index in [1.54, 1.807) is 6.07 Å². The molecule has 226 valence electrons. The predicted molar refractivity (Wildman–Crippen MR) is 170 cm³/mol. The highest BCUT2D eigenvalue weighted by Gasteiger charge is 2.44. The predicted octanol–water partition coefficient (Wildman–Crippen LogP) is 5.91. The lowest BCUT2D eigenvalue weighted by molar-refractivity contribution is 0.00598. The van der Waals surface area contributed by atoms with Crippen molar-refractivity contribution in [3.05, 3.63) is 58.1 Å². The van der Waals surface area contributed by atoms with Crippen molar-refractivity contribution in [3.63, 3.8) is 0 Å². The van der Waals surface area contributed by atoms with Crippen LogP contribution in [0.4, 0.5) is 5.69 Å². The summed E-state index contributed by atoms with van der Waals surface area (Å²) in [5.74, 6) is 5.57. The van der Waals surface area contributed by atoms with Crippen molar-refractivity contribution in [1.82, 2.24) is 4.72 Å². The number of carbonyl (C=O) groups is 1. The van der Waals surface area contributed by atoms with Crippen LogP contribution >= 0.6 is 11.6 Å². The van der Waals surface area contributed by atoms with Crippen LogP contribution < -0.4 is 14.4 Å². The Labute approximate surface area is 255 Å². The number of fused-ring (bicyclic) bond motifs is 6. The molecule has 2 aromatic carbocycles. The van der Waals surface area contributed by atoms with E-state index in [0.29, 0.717) is 24.0 Å². The zero-order valence-corrected chi connectivity index (χ0v) is 25.9. The third kappa shape index (κ3) is 5.24. The Hall–Kier alpha value is -2.22. The van der Waals surface area contributed by atoms with Crippen molar-refractivity contribution >= 4 is 38.8 Å². The molecule has 5 aliphatic rings. The van der Waals surface area contributed by atoms with E-state index in [4.69, 9.17) is 16.3 Å². The minimum Gasteiger partial charge on any atom is -0.490 e. The number of nitrogens with zero attached hydrogens (tertiary/aromatic N) is 1. The van der Waals surface area contributed by atoms with Gasteiger partial charge in [-0.1, -0.05) is 30.5 Å². The van der Waals surface area contributed by atoms with E-state index in [1.807, 2.05) is 18.2 Å². The number of aliphatic hydroxyl groups excluding tert-OH is 1. The third-order valence-electron chi connectivity index (χ3n) is 11.1. The standard InChI is InChI=1S/C34H43ClN2O4S/c1-42(40)27-6-2-4-22(16-27)7-13-31(38)28-11-8-25(28)19-37-20-34(15-3-5-23-17-26(35)10-12-29(23)34)21-41-32-14-9-24(18-30(32)37)33(39)36-42/h9-10,12,14,17-18,22,25,27-28,31,38H,1-8,11,13,15-16,19-21H2,(H,36,39,40)/t22-,25+,27+,28-,31+,34+,42?/m1/s1. The lowest BCUT2D eigenvalue weighted by Crippen LogP contribution is -2.49. The second-order valence-electron chi connectivity index (χ2n) is 13.7. The summed E-state index contributed by atoms with van der Waals surface area (Å²) in [6.07, 6.45) is 10.3. The summed E-state index contributed by atoms with van der Waals surface area (Å²) >= 11 is 6.41. The number of amides is 1. The molecule has 2 aromatic rings. The van der Waals surface area contributed by atoms with Crippen LogP contribution in [0.5, 0.6) is 5.75 Å². The molecule has 2 fully saturated rings.